The van der Waals surface area contributed by atoms with E-state index in [2.05, 4.69) is 20.3 Å². The van der Waals surface area contributed by atoms with Gasteiger partial charge in [-0.15, -0.1) is 23.4 Å². The van der Waals surface area contributed by atoms with Crippen LogP contribution in [0.15, 0.2) is 22.6 Å². The van der Waals surface area contributed by atoms with Gasteiger partial charge in [0.05, 0.1) is 35.3 Å². The first kappa shape index (κ1) is 23.3. The van der Waals surface area contributed by atoms with Crippen LogP contribution < -0.4 is 10.1 Å². The first-order valence-electron chi connectivity index (χ1n) is 10.7. The zero-order valence-corrected chi connectivity index (χ0v) is 18.3. The number of rotatable bonds is 7. The third kappa shape index (κ3) is 4.98. The number of alkyl halides is 3. The molecular weight excluding hydrogens is 486 g/mol. The molecule has 1 aliphatic carbocycles. The number of ether oxygens (including phenoxy) is 3. The monoisotopic (exact) mass is 505 g/mol. The SMILES string of the molecule is O=C(COc1ccc(Cl)c(F)c1)N[C@H]1C[C@H]2O[C@@H]1CC2c1nnc(C2CC(OC(F)(F)F)C2)o1. The molecule has 3 heterocycles. The number of hydrogen-bond acceptors (Lipinski definition) is 7. The molecule has 0 radical (unpaired) electrons. The Kier molecular flexibility index (Phi) is 6.15. The molecule has 184 valence electrons. The van der Waals surface area contributed by atoms with E-state index in [0.717, 1.165) is 6.07 Å². The van der Waals surface area contributed by atoms with Crippen LogP contribution in [0.1, 0.15) is 49.3 Å². The summed E-state index contributed by atoms with van der Waals surface area (Å²) in [4.78, 5) is 12.3. The number of carbonyl (C=O) groups is 1. The molecule has 2 aliphatic heterocycles. The standard InChI is InChI=1S/C21H20ClF4N3O5/c22-13-2-1-10(5-14(13)23)31-8-18(30)27-15-7-16-12(6-17(15)32-16)20-29-28-19(33-20)9-3-11(4-9)34-21(24,25)26/h1-2,5,9,11-12,15-17H,3-4,6-8H2,(H,27,30)/t9?,11?,12?,15-,16+,17+/m0/s1. The Morgan fingerprint density at radius 3 is 2.59 bits per heavy atom. The molecule has 1 amide bonds. The Hall–Kier alpha value is -2.44. The minimum atomic E-state index is -4.65. The average molecular weight is 506 g/mol. The van der Waals surface area contributed by atoms with Gasteiger partial charge in [0.2, 0.25) is 11.8 Å². The van der Waals surface area contributed by atoms with Crippen molar-refractivity contribution in [3.8, 4) is 5.75 Å². The fourth-order valence-electron chi connectivity index (χ4n) is 4.65. The molecule has 1 unspecified atom stereocenters. The van der Waals surface area contributed by atoms with Crippen LogP contribution in [0, 0.1) is 5.82 Å². The van der Waals surface area contributed by atoms with Gasteiger partial charge in [0.15, 0.2) is 6.61 Å². The minimum absolute atomic E-state index is 0.0359. The number of carbonyl (C=O) groups excluding carboxylic acids is 1. The highest BCUT2D eigenvalue weighted by Gasteiger charge is 2.50. The Balaban J connectivity index is 1.08. The minimum Gasteiger partial charge on any atom is -0.484 e. The van der Waals surface area contributed by atoms with E-state index in [1.807, 2.05) is 0 Å². The van der Waals surface area contributed by atoms with Gasteiger partial charge in [-0.3, -0.25) is 9.53 Å². The lowest BCUT2D eigenvalue weighted by Crippen LogP contribution is -2.44. The van der Waals surface area contributed by atoms with Crippen molar-refractivity contribution in [3.63, 3.8) is 0 Å². The van der Waals surface area contributed by atoms with Crippen LogP contribution in [0.4, 0.5) is 17.6 Å². The largest absolute Gasteiger partial charge is 0.522 e. The number of nitrogens with zero attached hydrogens (tertiary/aromatic N) is 2. The highest BCUT2D eigenvalue weighted by atomic mass is 35.5. The predicted octanol–water partition coefficient (Wildman–Crippen LogP) is 3.85. The van der Waals surface area contributed by atoms with Crippen LogP contribution in [0.2, 0.25) is 5.02 Å². The van der Waals surface area contributed by atoms with Crippen molar-refractivity contribution in [1.29, 1.82) is 0 Å². The molecule has 8 nitrogen and oxygen atoms in total. The van der Waals surface area contributed by atoms with Gasteiger partial charge in [-0.1, -0.05) is 11.6 Å². The molecule has 1 N–H and O–H groups in total. The summed E-state index contributed by atoms with van der Waals surface area (Å²) in [6, 6.07) is 3.70. The molecule has 34 heavy (non-hydrogen) atoms. The van der Waals surface area contributed by atoms with E-state index in [0.29, 0.717) is 24.6 Å². The fourth-order valence-corrected chi connectivity index (χ4v) is 4.77. The second-order valence-corrected chi connectivity index (χ2v) is 9.07. The summed E-state index contributed by atoms with van der Waals surface area (Å²) in [5.74, 6) is -0.515. The number of benzene rings is 1. The first-order valence-corrected chi connectivity index (χ1v) is 11.1. The van der Waals surface area contributed by atoms with Crippen LogP contribution >= 0.6 is 11.6 Å². The Labute approximate surface area is 195 Å². The highest BCUT2D eigenvalue weighted by molar-refractivity contribution is 6.30. The third-order valence-corrected chi connectivity index (χ3v) is 6.65. The van der Waals surface area contributed by atoms with E-state index in [1.54, 1.807) is 0 Å². The zero-order valence-electron chi connectivity index (χ0n) is 17.6. The molecule has 1 aromatic carbocycles. The van der Waals surface area contributed by atoms with Crippen molar-refractivity contribution < 1.29 is 41.0 Å². The Morgan fingerprint density at radius 2 is 1.91 bits per heavy atom. The second kappa shape index (κ2) is 8.97. The molecule has 5 rings (SSSR count). The molecular formula is C21H20ClF4N3O5. The van der Waals surface area contributed by atoms with Gasteiger partial charge in [-0.05, 0) is 37.8 Å². The van der Waals surface area contributed by atoms with E-state index in [1.165, 1.54) is 12.1 Å². The van der Waals surface area contributed by atoms with E-state index in [-0.39, 0.29) is 66.2 Å². The summed E-state index contributed by atoms with van der Waals surface area (Å²) < 4.78 is 71.2. The van der Waals surface area contributed by atoms with Crippen molar-refractivity contribution in [1.82, 2.24) is 15.5 Å². The van der Waals surface area contributed by atoms with Gasteiger partial charge in [-0.25, -0.2) is 4.39 Å². The summed E-state index contributed by atoms with van der Waals surface area (Å²) in [6.07, 6.45) is -4.56. The molecule has 13 heteroatoms. The molecule has 3 fully saturated rings. The molecule has 1 saturated carbocycles. The molecule has 2 aromatic rings. The maximum atomic E-state index is 13.5. The number of amides is 1. The smallest absolute Gasteiger partial charge is 0.484 e. The lowest BCUT2D eigenvalue weighted by atomic mass is 9.82. The predicted molar refractivity (Wildman–Crippen MR) is 107 cm³/mol. The lowest BCUT2D eigenvalue weighted by Gasteiger charge is -2.32. The average Bonchev–Trinajstić information content (AvgIpc) is 3.46. The summed E-state index contributed by atoms with van der Waals surface area (Å²) in [5, 5.41) is 10.9. The quantitative estimate of drug-likeness (QED) is 0.571. The van der Waals surface area contributed by atoms with Gasteiger partial charge < -0.3 is 19.2 Å². The van der Waals surface area contributed by atoms with E-state index >= 15 is 0 Å². The van der Waals surface area contributed by atoms with Crippen LogP contribution in [-0.4, -0.2) is 53.4 Å². The highest BCUT2D eigenvalue weighted by Crippen LogP contribution is 2.46. The second-order valence-electron chi connectivity index (χ2n) is 8.66. The van der Waals surface area contributed by atoms with Crippen molar-refractivity contribution in [3.05, 3.63) is 40.8 Å². The Bertz CT molecular complexity index is 1060. The number of halogens is 5. The van der Waals surface area contributed by atoms with Crippen molar-refractivity contribution in [2.75, 3.05) is 6.61 Å². The van der Waals surface area contributed by atoms with Crippen molar-refractivity contribution in [2.24, 2.45) is 0 Å². The summed E-state index contributed by atoms with van der Waals surface area (Å²) in [7, 11) is 0. The third-order valence-electron chi connectivity index (χ3n) is 6.34. The zero-order chi connectivity index (χ0) is 24.0. The molecule has 2 saturated heterocycles. The normalized spacial score (nSPS) is 30.3. The molecule has 4 atom stereocenters. The summed E-state index contributed by atoms with van der Waals surface area (Å²) in [6.45, 7) is -0.286. The maximum absolute atomic E-state index is 13.5. The number of fused-ring (bicyclic) bond motifs is 2. The molecule has 2 bridgehead atoms. The van der Waals surface area contributed by atoms with Crippen LogP contribution in [-0.2, 0) is 14.3 Å². The van der Waals surface area contributed by atoms with Crippen molar-refractivity contribution >= 4 is 17.5 Å². The number of nitrogens with one attached hydrogen (secondary N) is 1. The van der Waals surface area contributed by atoms with Crippen LogP contribution in [0.25, 0.3) is 0 Å². The van der Waals surface area contributed by atoms with Crippen LogP contribution in [0.5, 0.6) is 5.75 Å². The maximum Gasteiger partial charge on any atom is 0.522 e. The fraction of sp³-hybridized carbons (Fsp3) is 0.571. The summed E-state index contributed by atoms with van der Waals surface area (Å²) >= 11 is 5.62. The lowest BCUT2D eigenvalue weighted by molar-refractivity contribution is -0.352. The van der Waals surface area contributed by atoms with Gasteiger partial charge in [0.25, 0.3) is 5.91 Å². The van der Waals surface area contributed by atoms with Gasteiger partial charge >= 0.3 is 6.36 Å². The molecule has 1 aromatic heterocycles. The van der Waals surface area contributed by atoms with Crippen molar-refractivity contribution in [2.45, 2.75) is 68.2 Å². The van der Waals surface area contributed by atoms with Gasteiger partial charge in [0.1, 0.15) is 11.6 Å². The number of aromatic nitrogens is 2. The Morgan fingerprint density at radius 1 is 1.15 bits per heavy atom. The van der Waals surface area contributed by atoms with Gasteiger partial charge in [0, 0.05) is 12.0 Å². The molecule has 0 spiro atoms. The van der Waals surface area contributed by atoms with E-state index < -0.39 is 18.3 Å². The number of hydrogen-bond donors (Lipinski definition) is 1. The van der Waals surface area contributed by atoms with Gasteiger partial charge in [-0.2, -0.15) is 0 Å². The van der Waals surface area contributed by atoms with E-state index in [4.69, 9.17) is 25.5 Å². The first-order chi connectivity index (χ1) is 16.1. The molecule has 3 aliphatic rings. The topological polar surface area (TPSA) is 95.7 Å². The van der Waals surface area contributed by atoms with Crippen LogP contribution in [0.3, 0.4) is 0 Å². The summed E-state index contributed by atoms with van der Waals surface area (Å²) in [5.41, 5.74) is 0. The van der Waals surface area contributed by atoms with E-state index in [9.17, 15) is 22.4 Å².